The summed E-state index contributed by atoms with van der Waals surface area (Å²) >= 11 is 5.96. The Bertz CT molecular complexity index is 1070. The maximum atomic E-state index is 12.9. The molecule has 0 bridgehead atoms. The Kier molecular flexibility index (Phi) is 7.47. The zero-order chi connectivity index (χ0) is 23.3. The van der Waals surface area contributed by atoms with Crippen molar-refractivity contribution < 1.29 is 14.3 Å². The zero-order valence-electron chi connectivity index (χ0n) is 19.2. The fraction of sp³-hybridized carbons (Fsp3) is 0.296. The van der Waals surface area contributed by atoms with Crippen molar-refractivity contribution in [3.63, 3.8) is 0 Å². The third-order valence-electron chi connectivity index (χ3n) is 5.34. The van der Waals surface area contributed by atoms with Gasteiger partial charge in [-0.25, -0.2) is 0 Å². The highest BCUT2D eigenvalue weighted by atomic mass is 35.5. The largest absolute Gasteiger partial charge is 0.496 e. The normalized spacial score (nSPS) is 12.2. The molecule has 168 valence electrons. The second kappa shape index (κ2) is 10.1. The van der Waals surface area contributed by atoms with Crippen LogP contribution in [0.3, 0.4) is 0 Å². The molecule has 0 heterocycles. The van der Waals surface area contributed by atoms with E-state index in [4.69, 9.17) is 21.1 Å². The molecule has 0 saturated heterocycles. The van der Waals surface area contributed by atoms with Gasteiger partial charge in [-0.3, -0.25) is 4.79 Å². The van der Waals surface area contributed by atoms with Gasteiger partial charge < -0.3 is 14.8 Å². The Morgan fingerprint density at radius 3 is 2.34 bits per heavy atom. The van der Waals surface area contributed by atoms with Gasteiger partial charge in [0.15, 0.2) is 0 Å². The number of carbonyl (C=O) groups is 1. The van der Waals surface area contributed by atoms with Crippen molar-refractivity contribution in [2.24, 2.45) is 0 Å². The summed E-state index contributed by atoms with van der Waals surface area (Å²) < 4.78 is 11.7. The Labute approximate surface area is 195 Å². The van der Waals surface area contributed by atoms with Gasteiger partial charge in [0.25, 0.3) is 5.91 Å². The molecule has 5 heteroatoms. The quantitative estimate of drug-likeness (QED) is 0.434. The molecule has 1 atom stereocenters. The van der Waals surface area contributed by atoms with E-state index in [-0.39, 0.29) is 17.4 Å². The van der Waals surface area contributed by atoms with Gasteiger partial charge in [-0.15, -0.1) is 0 Å². The Hall–Kier alpha value is -2.98. The Morgan fingerprint density at radius 2 is 1.69 bits per heavy atom. The lowest BCUT2D eigenvalue weighted by atomic mass is 9.86. The number of para-hydroxylation sites is 1. The molecule has 1 unspecified atom stereocenters. The summed E-state index contributed by atoms with van der Waals surface area (Å²) in [6.07, 6.45) is 0. The average Bonchev–Trinajstić information content (AvgIpc) is 2.77. The van der Waals surface area contributed by atoms with Gasteiger partial charge in [0, 0.05) is 16.1 Å². The first-order valence-electron chi connectivity index (χ1n) is 10.6. The molecule has 0 aliphatic rings. The van der Waals surface area contributed by atoms with E-state index in [0.717, 1.165) is 22.4 Å². The first-order chi connectivity index (χ1) is 15.2. The van der Waals surface area contributed by atoms with Crippen LogP contribution in [0, 0.1) is 0 Å². The molecule has 0 aliphatic carbocycles. The molecule has 0 radical (unpaired) electrons. The number of methoxy groups -OCH3 is 1. The highest BCUT2D eigenvalue weighted by Gasteiger charge is 2.19. The molecule has 0 spiro atoms. The van der Waals surface area contributed by atoms with E-state index in [2.05, 4.69) is 32.2 Å². The van der Waals surface area contributed by atoms with Crippen molar-refractivity contribution in [2.45, 2.75) is 45.8 Å². The molecule has 4 nitrogen and oxygen atoms in total. The molecular weight excluding hydrogens is 422 g/mol. The average molecular weight is 452 g/mol. The minimum atomic E-state index is -0.161. The van der Waals surface area contributed by atoms with Gasteiger partial charge in [-0.05, 0) is 59.9 Å². The van der Waals surface area contributed by atoms with Gasteiger partial charge >= 0.3 is 0 Å². The van der Waals surface area contributed by atoms with Crippen LogP contribution in [0.4, 0.5) is 0 Å². The van der Waals surface area contributed by atoms with Crippen molar-refractivity contribution >= 4 is 17.5 Å². The van der Waals surface area contributed by atoms with E-state index >= 15 is 0 Å². The second-order valence-corrected chi connectivity index (χ2v) is 9.24. The van der Waals surface area contributed by atoms with Gasteiger partial charge in [0.1, 0.15) is 18.1 Å². The number of benzene rings is 3. The summed E-state index contributed by atoms with van der Waals surface area (Å²) in [5.41, 5.74) is 3.43. The Balaban J connectivity index is 1.77. The fourth-order valence-corrected chi connectivity index (χ4v) is 3.64. The molecule has 32 heavy (non-hydrogen) atoms. The number of hydrogen-bond acceptors (Lipinski definition) is 3. The number of hydrogen-bond donors (Lipinski definition) is 1. The van der Waals surface area contributed by atoms with Crippen LogP contribution in [0.15, 0.2) is 66.7 Å². The van der Waals surface area contributed by atoms with E-state index < -0.39 is 0 Å². The lowest BCUT2D eigenvalue weighted by Gasteiger charge is -2.23. The van der Waals surface area contributed by atoms with E-state index in [1.165, 1.54) is 0 Å². The number of ether oxygens (including phenoxy) is 2. The smallest absolute Gasteiger partial charge is 0.251 e. The van der Waals surface area contributed by atoms with E-state index in [0.29, 0.717) is 22.9 Å². The van der Waals surface area contributed by atoms with Crippen LogP contribution in [0.5, 0.6) is 11.5 Å². The number of halogens is 1. The Morgan fingerprint density at radius 1 is 1.00 bits per heavy atom. The molecule has 0 saturated carbocycles. The van der Waals surface area contributed by atoms with Crippen LogP contribution in [0.1, 0.15) is 60.8 Å². The van der Waals surface area contributed by atoms with Crippen LogP contribution >= 0.6 is 11.6 Å². The molecule has 0 fully saturated rings. The van der Waals surface area contributed by atoms with Crippen LogP contribution in [0.25, 0.3) is 0 Å². The molecule has 0 aromatic heterocycles. The summed E-state index contributed by atoms with van der Waals surface area (Å²) in [5, 5.41) is 3.70. The maximum Gasteiger partial charge on any atom is 0.251 e. The van der Waals surface area contributed by atoms with Gasteiger partial charge in [0.05, 0.1) is 13.2 Å². The SMILES string of the molecule is COc1ccc(C(=O)NC(C)c2ccc(Cl)cc2)cc1COc1ccccc1C(C)(C)C. The minimum absolute atomic E-state index is 0.0415. The van der Waals surface area contributed by atoms with Crippen LogP contribution in [-0.4, -0.2) is 13.0 Å². The second-order valence-electron chi connectivity index (χ2n) is 8.81. The van der Waals surface area contributed by atoms with Crippen molar-refractivity contribution in [1.29, 1.82) is 0 Å². The molecular formula is C27H30ClNO3. The van der Waals surface area contributed by atoms with E-state index in [1.807, 2.05) is 55.5 Å². The van der Waals surface area contributed by atoms with Crippen LogP contribution < -0.4 is 14.8 Å². The number of nitrogens with one attached hydrogen (secondary N) is 1. The van der Waals surface area contributed by atoms with Crippen molar-refractivity contribution in [1.82, 2.24) is 5.32 Å². The third-order valence-corrected chi connectivity index (χ3v) is 5.59. The maximum absolute atomic E-state index is 12.9. The van der Waals surface area contributed by atoms with Crippen LogP contribution in [-0.2, 0) is 12.0 Å². The van der Waals surface area contributed by atoms with Crippen molar-refractivity contribution in [2.75, 3.05) is 7.11 Å². The highest BCUT2D eigenvalue weighted by molar-refractivity contribution is 6.30. The van der Waals surface area contributed by atoms with Crippen molar-refractivity contribution in [3.05, 3.63) is 94.0 Å². The first-order valence-corrected chi connectivity index (χ1v) is 11.0. The molecule has 3 aromatic carbocycles. The predicted molar refractivity (Wildman–Crippen MR) is 130 cm³/mol. The van der Waals surface area contributed by atoms with Crippen LogP contribution in [0.2, 0.25) is 5.02 Å². The highest BCUT2D eigenvalue weighted by Crippen LogP contribution is 2.32. The number of amides is 1. The molecule has 3 rings (SSSR count). The third kappa shape index (κ3) is 5.83. The van der Waals surface area contributed by atoms with Crippen molar-refractivity contribution in [3.8, 4) is 11.5 Å². The monoisotopic (exact) mass is 451 g/mol. The number of rotatable bonds is 7. The number of carbonyl (C=O) groups excluding carboxylic acids is 1. The lowest BCUT2D eigenvalue weighted by molar-refractivity contribution is 0.0939. The molecule has 1 N–H and O–H groups in total. The summed E-state index contributed by atoms with van der Waals surface area (Å²) in [5.74, 6) is 1.35. The summed E-state index contributed by atoms with van der Waals surface area (Å²) in [6.45, 7) is 8.70. The minimum Gasteiger partial charge on any atom is -0.496 e. The lowest BCUT2D eigenvalue weighted by Crippen LogP contribution is -2.26. The predicted octanol–water partition coefficient (Wildman–Crippen LogP) is 6.72. The molecule has 1 amide bonds. The standard InChI is InChI=1S/C27H30ClNO3/c1-18(19-10-13-22(28)14-11-19)29-26(30)20-12-15-24(31-5)21(16-20)17-32-25-9-7-6-8-23(25)27(2,3)4/h6-16,18H,17H2,1-5H3,(H,29,30). The first kappa shape index (κ1) is 23.7. The molecule has 0 aliphatic heterocycles. The molecule has 3 aromatic rings. The van der Waals surface area contributed by atoms with E-state index in [1.54, 1.807) is 19.2 Å². The van der Waals surface area contributed by atoms with Gasteiger partial charge in [-0.1, -0.05) is 62.7 Å². The summed E-state index contributed by atoms with van der Waals surface area (Å²) in [6, 6.07) is 20.7. The van der Waals surface area contributed by atoms with Gasteiger partial charge in [-0.2, -0.15) is 0 Å². The topological polar surface area (TPSA) is 47.6 Å². The summed E-state index contributed by atoms with van der Waals surface area (Å²) in [4.78, 5) is 12.9. The summed E-state index contributed by atoms with van der Waals surface area (Å²) in [7, 11) is 1.62. The fourth-order valence-electron chi connectivity index (χ4n) is 3.51. The zero-order valence-corrected chi connectivity index (χ0v) is 20.0. The van der Waals surface area contributed by atoms with E-state index in [9.17, 15) is 4.79 Å². The van der Waals surface area contributed by atoms with Gasteiger partial charge in [0.2, 0.25) is 0 Å².